The maximum atomic E-state index is 5.58. The molecule has 0 spiro atoms. The molecule has 2 heterocycles. The highest BCUT2D eigenvalue weighted by atomic mass is 32.1. The van der Waals surface area contributed by atoms with Gasteiger partial charge in [0.1, 0.15) is 0 Å². The predicted molar refractivity (Wildman–Crippen MR) is 89.0 cm³/mol. The molecule has 2 aromatic rings. The molecule has 0 bridgehead atoms. The standard InChI is InChI=1S/C17H24N2OS/c1-2-9-18-13-17(7-10-20-11-8-17)12-16-19-14-5-3-4-6-15(14)21-16/h3-6,18H,2,7-13H2,1H3. The summed E-state index contributed by atoms with van der Waals surface area (Å²) in [5.74, 6) is 0. The first-order valence-corrected chi connectivity index (χ1v) is 8.76. The normalized spacial score (nSPS) is 18.1. The fourth-order valence-corrected chi connectivity index (χ4v) is 4.21. The second-order valence-electron chi connectivity index (χ2n) is 6.04. The minimum atomic E-state index is 0.321. The number of hydrogen-bond donors (Lipinski definition) is 1. The van der Waals surface area contributed by atoms with Crippen molar-refractivity contribution in [2.75, 3.05) is 26.3 Å². The van der Waals surface area contributed by atoms with E-state index in [1.54, 1.807) is 0 Å². The molecule has 0 radical (unpaired) electrons. The van der Waals surface area contributed by atoms with E-state index in [1.807, 2.05) is 11.3 Å². The number of thiazole rings is 1. The van der Waals surface area contributed by atoms with E-state index >= 15 is 0 Å². The van der Waals surface area contributed by atoms with Crippen LogP contribution < -0.4 is 5.32 Å². The van der Waals surface area contributed by atoms with E-state index < -0.39 is 0 Å². The zero-order valence-electron chi connectivity index (χ0n) is 12.7. The Balaban J connectivity index is 1.76. The Morgan fingerprint density at radius 2 is 2.10 bits per heavy atom. The number of para-hydroxylation sites is 1. The smallest absolute Gasteiger partial charge is 0.0944 e. The number of rotatable bonds is 6. The van der Waals surface area contributed by atoms with Gasteiger partial charge in [0.15, 0.2) is 0 Å². The SMILES string of the molecule is CCCNCC1(Cc2nc3ccccc3s2)CCOCC1. The van der Waals surface area contributed by atoms with E-state index in [2.05, 4.69) is 36.5 Å². The van der Waals surface area contributed by atoms with Gasteiger partial charge in [-0.15, -0.1) is 11.3 Å². The van der Waals surface area contributed by atoms with Crippen LogP contribution in [0.15, 0.2) is 24.3 Å². The van der Waals surface area contributed by atoms with Gasteiger partial charge in [-0.3, -0.25) is 0 Å². The van der Waals surface area contributed by atoms with Crippen molar-refractivity contribution in [3.63, 3.8) is 0 Å². The molecule has 21 heavy (non-hydrogen) atoms. The molecule has 1 N–H and O–H groups in total. The lowest BCUT2D eigenvalue weighted by molar-refractivity contribution is 0.0150. The Morgan fingerprint density at radius 1 is 1.29 bits per heavy atom. The van der Waals surface area contributed by atoms with Crippen molar-refractivity contribution >= 4 is 21.6 Å². The van der Waals surface area contributed by atoms with Gasteiger partial charge in [-0.2, -0.15) is 0 Å². The number of hydrogen-bond acceptors (Lipinski definition) is 4. The number of aromatic nitrogens is 1. The van der Waals surface area contributed by atoms with Crippen molar-refractivity contribution < 1.29 is 4.74 Å². The third kappa shape index (κ3) is 3.62. The van der Waals surface area contributed by atoms with Crippen LogP contribution >= 0.6 is 11.3 Å². The molecule has 0 atom stereocenters. The number of nitrogens with zero attached hydrogens (tertiary/aromatic N) is 1. The highest BCUT2D eigenvalue weighted by Crippen LogP contribution is 2.36. The molecule has 3 nitrogen and oxygen atoms in total. The van der Waals surface area contributed by atoms with Crippen LogP contribution in [0.4, 0.5) is 0 Å². The molecule has 0 saturated carbocycles. The summed E-state index contributed by atoms with van der Waals surface area (Å²) < 4.78 is 6.88. The molecule has 0 amide bonds. The Labute approximate surface area is 130 Å². The molecule has 0 aliphatic carbocycles. The Bertz CT molecular complexity index is 542. The molecule has 114 valence electrons. The van der Waals surface area contributed by atoms with E-state index in [0.717, 1.165) is 51.1 Å². The molecular formula is C17H24N2OS. The summed E-state index contributed by atoms with van der Waals surface area (Å²) in [5, 5.41) is 4.90. The summed E-state index contributed by atoms with van der Waals surface area (Å²) >= 11 is 1.85. The molecule has 0 unspecified atom stereocenters. The highest BCUT2D eigenvalue weighted by Gasteiger charge is 2.33. The molecule has 1 aliphatic heterocycles. The van der Waals surface area contributed by atoms with Gasteiger partial charge in [0.25, 0.3) is 0 Å². The van der Waals surface area contributed by atoms with Crippen LogP contribution in [0.3, 0.4) is 0 Å². The van der Waals surface area contributed by atoms with Crippen LogP contribution in [-0.4, -0.2) is 31.3 Å². The van der Waals surface area contributed by atoms with E-state index in [-0.39, 0.29) is 0 Å². The van der Waals surface area contributed by atoms with Crippen LogP contribution in [0.2, 0.25) is 0 Å². The third-order valence-corrected chi connectivity index (χ3v) is 5.38. The first-order chi connectivity index (χ1) is 10.3. The lowest BCUT2D eigenvalue weighted by atomic mass is 9.77. The van der Waals surface area contributed by atoms with Crippen molar-refractivity contribution in [2.45, 2.75) is 32.6 Å². The van der Waals surface area contributed by atoms with Gasteiger partial charge < -0.3 is 10.1 Å². The maximum absolute atomic E-state index is 5.58. The van der Waals surface area contributed by atoms with Gasteiger partial charge in [-0.1, -0.05) is 19.1 Å². The molecule has 1 fully saturated rings. The summed E-state index contributed by atoms with van der Waals surface area (Å²) in [4.78, 5) is 4.83. The van der Waals surface area contributed by atoms with Crippen LogP contribution in [0.5, 0.6) is 0 Å². The fourth-order valence-electron chi connectivity index (χ4n) is 3.07. The zero-order valence-corrected chi connectivity index (χ0v) is 13.5. The van der Waals surface area contributed by atoms with Gasteiger partial charge in [0.2, 0.25) is 0 Å². The lowest BCUT2D eigenvalue weighted by Gasteiger charge is -2.37. The van der Waals surface area contributed by atoms with Crippen LogP contribution in [0.25, 0.3) is 10.2 Å². The lowest BCUT2D eigenvalue weighted by Crippen LogP contribution is -2.41. The molecular weight excluding hydrogens is 280 g/mol. The molecule has 4 heteroatoms. The average Bonchev–Trinajstić information content (AvgIpc) is 2.90. The number of fused-ring (bicyclic) bond motifs is 1. The van der Waals surface area contributed by atoms with Crippen molar-refractivity contribution in [3.05, 3.63) is 29.3 Å². The highest BCUT2D eigenvalue weighted by molar-refractivity contribution is 7.18. The summed E-state index contributed by atoms with van der Waals surface area (Å²) in [6.45, 7) is 6.18. The van der Waals surface area contributed by atoms with E-state index in [9.17, 15) is 0 Å². The van der Waals surface area contributed by atoms with E-state index in [1.165, 1.54) is 16.1 Å². The van der Waals surface area contributed by atoms with E-state index in [0.29, 0.717) is 5.41 Å². The van der Waals surface area contributed by atoms with Gasteiger partial charge in [0.05, 0.1) is 15.2 Å². The van der Waals surface area contributed by atoms with Gasteiger partial charge >= 0.3 is 0 Å². The fraction of sp³-hybridized carbons (Fsp3) is 0.588. The summed E-state index contributed by atoms with van der Waals surface area (Å²) in [6, 6.07) is 8.44. The number of nitrogens with one attached hydrogen (secondary N) is 1. The summed E-state index contributed by atoms with van der Waals surface area (Å²) in [7, 11) is 0. The summed E-state index contributed by atoms with van der Waals surface area (Å²) in [6.07, 6.45) is 4.54. The summed E-state index contributed by atoms with van der Waals surface area (Å²) in [5.41, 5.74) is 1.46. The molecule has 1 aromatic heterocycles. The first kappa shape index (κ1) is 14.9. The van der Waals surface area contributed by atoms with Crippen LogP contribution in [0, 0.1) is 5.41 Å². The topological polar surface area (TPSA) is 34.2 Å². The Kier molecular flexibility index (Phi) is 4.88. The van der Waals surface area contributed by atoms with Gasteiger partial charge in [-0.05, 0) is 43.4 Å². The van der Waals surface area contributed by atoms with Crippen LogP contribution in [-0.2, 0) is 11.2 Å². The largest absolute Gasteiger partial charge is 0.381 e. The molecule has 1 saturated heterocycles. The zero-order chi connectivity index (χ0) is 14.5. The average molecular weight is 304 g/mol. The Morgan fingerprint density at radius 3 is 2.86 bits per heavy atom. The number of benzene rings is 1. The molecule has 3 rings (SSSR count). The molecule has 1 aromatic carbocycles. The van der Waals surface area contributed by atoms with E-state index in [4.69, 9.17) is 9.72 Å². The minimum absolute atomic E-state index is 0.321. The van der Waals surface area contributed by atoms with Crippen molar-refractivity contribution in [1.29, 1.82) is 0 Å². The van der Waals surface area contributed by atoms with Crippen molar-refractivity contribution in [3.8, 4) is 0 Å². The quantitative estimate of drug-likeness (QED) is 0.827. The van der Waals surface area contributed by atoms with Crippen molar-refractivity contribution in [2.24, 2.45) is 5.41 Å². The van der Waals surface area contributed by atoms with Gasteiger partial charge in [-0.25, -0.2) is 4.98 Å². The predicted octanol–water partition coefficient (Wildman–Crippen LogP) is 3.64. The number of ether oxygens (including phenoxy) is 1. The van der Waals surface area contributed by atoms with Crippen molar-refractivity contribution in [1.82, 2.24) is 10.3 Å². The molecule has 1 aliphatic rings. The monoisotopic (exact) mass is 304 g/mol. The first-order valence-electron chi connectivity index (χ1n) is 7.94. The third-order valence-electron chi connectivity index (χ3n) is 4.34. The second-order valence-corrected chi connectivity index (χ2v) is 7.16. The second kappa shape index (κ2) is 6.86. The Hall–Kier alpha value is -0.970. The minimum Gasteiger partial charge on any atom is -0.381 e. The van der Waals surface area contributed by atoms with Gasteiger partial charge in [0, 0.05) is 26.2 Å². The maximum Gasteiger partial charge on any atom is 0.0944 e. The van der Waals surface area contributed by atoms with Crippen LogP contribution in [0.1, 0.15) is 31.2 Å².